The molecule has 0 saturated heterocycles. The Kier molecular flexibility index (Phi) is 7.87. The van der Waals surface area contributed by atoms with Crippen LogP contribution in [-0.2, 0) is 9.59 Å². The van der Waals surface area contributed by atoms with E-state index in [4.69, 9.17) is 0 Å². The van der Waals surface area contributed by atoms with Gasteiger partial charge in [0.25, 0.3) is 0 Å². The molecule has 8 heteroatoms. The molecule has 0 unspecified atom stereocenters. The molecule has 1 heterocycles. The number of nitrogens with one attached hydrogen (secondary N) is 2. The predicted octanol–water partition coefficient (Wildman–Crippen LogP) is 5.50. The number of aryl methyl sites for hydroxylation is 2. The Morgan fingerprint density at radius 3 is 2.48 bits per heavy atom. The predicted molar refractivity (Wildman–Crippen MR) is 131 cm³/mol. The average Bonchev–Trinajstić information content (AvgIpc) is 2.74. The highest BCUT2D eigenvalue weighted by atomic mass is 79.9. The molecule has 2 aromatic carbocycles. The van der Waals surface area contributed by atoms with Crippen LogP contribution in [0.3, 0.4) is 0 Å². The zero-order valence-corrected chi connectivity index (χ0v) is 20.6. The maximum absolute atomic E-state index is 12.6. The van der Waals surface area contributed by atoms with Gasteiger partial charge < -0.3 is 10.6 Å². The fourth-order valence-electron chi connectivity index (χ4n) is 3.48. The number of carbonyl (C=O) groups excluding carboxylic acids is 2. The summed E-state index contributed by atoms with van der Waals surface area (Å²) < 4.78 is 0.959. The number of benzene rings is 2. The van der Waals surface area contributed by atoms with Crippen molar-refractivity contribution in [1.82, 2.24) is 5.32 Å². The zero-order valence-electron chi connectivity index (χ0n) is 17.4. The van der Waals surface area contributed by atoms with Gasteiger partial charge >= 0.3 is 0 Å². The lowest BCUT2D eigenvalue weighted by atomic mass is 9.87. The maximum atomic E-state index is 12.6. The first kappa shape index (κ1) is 23.5. The van der Waals surface area contributed by atoms with Gasteiger partial charge in [0.2, 0.25) is 11.8 Å². The molecule has 0 bridgehead atoms. The number of amides is 2. The number of nitrogens with zero attached hydrogens (tertiary/aromatic N) is 1. The monoisotopic (exact) mass is 515 g/mol. The minimum Gasteiger partial charge on any atom is -0.325 e. The Morgan fingerprint density at radius 2 is 1.90 bits per heavy atom. The quantitative estimate of drug-likeness (QED) is 0.496. The second kappa shape index (κ2) is 10.4. The van der Waals surface area contributed by atoms with Crippen molar-refractivity contribution in [3.63, 3.8) is 0 Å². The van der Waals surface area contributed by atoms with Crippen molar-refractivity contribution in [3.8, 4) is 6.07 Å². The van der Waals surface area contributed by atoms with Crippen LogP contribution in [0, 0.1) is 25.2 Å². The van der Waals surface area contributed by atoms with Gasteiger partial charge in [0.15, 0.2) is 0 Å². The van der Waals surface area contributed by atoms with E-state index in [1.165, 1.54) is 11.8 Å². The van der Waals surface area contributed by atoms with Gasteiger partial charge in [-0.2, -0.15) is 5.26 Å². The summed E-state index contributed by atoms with van der Waals surface area (Å²) in [6, 6.07) is 14.0. The number of rotatable bonds is 6. The van der Waals surface area contributed by atoms with Crippen molar-refractivity contribution in [3.05, 3.63) is 68.2 Å². The van der Waals surface area contributed by atoms with E-state index in [9.17, 15) is 14.9 Å². The Morgan fingerprint density at radius 1 is 1.26 bits per heavy atom. The average molecular weight is 516 g/mol. The molecule has 0 fully saturated rings. The number of anilines is 1. The van der Waals surface area contributed by atoms with E-state index in [1.54, 1.807) is 11.8 Å². The number of hydrogen-bond acceptors (Lipinski definition) is 5. The van der Waals surface area contributed by atoms with Crippen LogP contribution in [0.25, 0.3) is 0 Å². The molecule has 1 atom stereocenters. The summed E-state index contributed by atoms with van der Waals surface area (Å²) >= 11 is 6.27. The normalized spacial score (nSPS) is 16.0. The first-order valence-electron chi connectivity index (χ1n) is 9.59. The second-order valence-corrected chi connectivity index (χ2v) is 9.97. The molecule has 5 nitrogen and oxygen atoms in total. The standard InChI is InChI=1S/C23H22BrN3O2S2/c1-13-8-16(24)9-14(2)22(13)26-21(29)12-31-23-19(11-25)18(10-20(28)27-23)15-4-6-17(30-3)7-5-15/h4-9,18H,10,12H2,1-3H3,(H,26,29)(H,27,28)/t18-/m0/s1. The summed E-state index contributed by atoms with van der Waals surface area (Å²) in [5, 5.41) is 16.0. The summed E-state index contributed by atoms with van der Waals surface area (Å²) in [5.74, 6) is -0.561. The van der Waals surface area contributed by atoms with E-state index in [2.05, 4.69) is 32.6 Å². The lowest BCUT2D eigenvalue weighted by molar-refractivity contribution is -0.121. The summed E-state index contributed by atoms with van der Waals surface area (Å²) in [6.45, 7) is 3.87. The molecule has 0 saturated carbocycles. The van der Waals surface area contributed by atoms with Crippen LogP contribution in [0.5, 0.6) is 0 Å². The van der Waals surface area contributed by atoms with Crippen molar-refractivity contribution in [2.24, 2.45) is 0 Å². The van der Waals surface area contributed by atoms with E-state index in [0.717, 1.165) is 31.7 Å². The third-order valence-corrected chi connectivity index (χ3v) is 7.20. The minimum absolute atomic E-state index is 0.0911. The van der Waals surface area contributed by atoms with Gasteiger partial charge in [-0.15, -0.1) is 11.8 Å². The Labute approximate surface area is 199 Å². The topological polar surface area (TPSA) is 82.0 Å². The fourth-order valence-corrected chi connectivity index (χ4v) is 5.45. The third kappa shape index (κ3) is 5.73. The lowest BCUT2D eigenvalue weighted by Gasteiger charge is -2.25. The molecule has 2 aromatic rings. The zero-order chi connectivity index (χ0) is 22.5. The molecule has 160 valence electrons. The van der Waals surface area contributed by atoms with Crippen molar-refractivity contribution in [2.45, 2.75) is 31.1 Å². The van der Waals surface area contributed by atoms with Crippen molar-refractivity contribution in [2.75, 3.05) is 17.3 Å². The Hall–Kier alpha value is -2.21. The van der Waals surface area contributed by atoms with Gasteiger partial charge in [0.1, 0.15) is 0 Å². The molecule has 1 aliphatic heterocycles. The summed E-state index contributed by atoms with van der Waals surface area (Å²) in [6.07, 6.45) is 2.22. The van der Waals surface area contributed by atoms with Gasteiger partial charge in [-0.3, -0.25) is 9.59 Å². The smallest absolute Gasteiger partial charge is 0.234 e. The van der Waals surface area contributed by atoms with Crippen LogP contribution in [0.2, 0.25) is 0 Å². The second-order valence-electron chi connectivity index (χ2n) is 7.18. The Balaban J connectivity index is 1.77. The van der Waals surface area contributed by atoms with Crippen molar-refractivity contribution in [1.29, 1.82) is 5.26 Å². The number of allylic oxidation sites excluding steroid dienone is 1. The molecule has 2 amide bonds. The maximum Gasteiger partial charge on any atom is 0.234 e. The number of halogens is 1. The number of hydrogen-bond donors (Lipinski definition) is 2. The first-order valence-corrected chi connectivity index (χ1v) is 12.6. The lowest BCUT2D eigenvalue weighted by Crippen LogP contribution is -2.31. The van der Waals surface area contributed by atoms with Gasteiger partial charge in [0, 0.05) is 27.4 Å². The van der Waals surface area contributed by atoms with Crippen molar-refractivity contribution >= 4 is 57.0 Å². The van der Waals surface area contributed by atoms with E-state index in [1.807, 2.05) is 56.5 Å². The summed E-state index contributed by atoms with van der Waals surface area (Å²) in [7, 11) is 0. The van der Waals surface area contributed by atoms with Crippen LogP contribution < -0.4 is 10.6 Å². The van der Waals surface area contributed by atoms with Crippen LogP contribution >= 0.6 is 39.5 Å². The van der Waals surface area contributed by atoms with Gasteiger partial charge in [0.05, 0.1) is 22.4 Å². The van der Waals surface area contributed by atoms with Gasteiger partial charge in [-0.05, 0) is 61.1 Å². The molecular weight excluding hydrogens is 494 g/mol. The molecule has 3 rings (SSSR count). The fraction of sp³-hybridized carbons (Fsp3) is 0.261. The van der Waals surface area contributed by atoms with Crippen LogP contribution in [0.4, 0.5) is 5.69 Å². The summed E-state index contributed by atoms with van der Waals surface area (Å²) in [5.41, 5.74) is 4.12. The molecule has 0 radical (unpaired) electrons. The molecule has 31 heavy (non-hydrogen) atoms. The van der Waals surface area contributed by atoms with Crippen LogP contribution in [0.1, 0.15) is 29.0 Å². The van der Waals surface area contributed by atoms with Crippen LogP contribution in [-0.4, -0.2) is 23.8 Å². The molecule has 1 aliphatic rings. The molecule has 0 aliphatic carbocycles. The largest absolute Gasteiger partial charge is 0.325 e. The number of nitriles is 1. The molecule has 2 N–H and O–H groups in total. The van der Waals surface area contributed by atoms with E-state index in [-0.39, 0.29) is 29.9 Å². The van der Waals surface area contributed by atoms with E-state index >= 15 is 0 Å². The number of thioether (sulfide) groups is 2. The molecule has 0 aromatic heterocycles. The van der Waals surface area contributed by atoms with Crippen molar-refractivity contribution < 1.29 is 9.59 Å². The van der Waals surface area contributed by atoms with Gasteiger partial charge in [-0.1, -0.05) is 39.8 Å². The summed E-state index contributed by atoms with van der Waals surface area (Å²) in [4.78, 5) is 26.0. The highest BCUT2D eigenvalue weighted by Crippen LogP contribution is 2.36. The highest BCUT2D eigenvalue weighted by molar-refractivity contribution is 9.10. The van der Waals surface area contributed by atoms with Gasteiger partial charge in [-0.25, -0.2) is 0 Å². The molecule has 0 spiro atoms. The van der Waals surface area contributed by atoms with Crippen LogP contribution in [0.15, 0.2) is 56.4 Å². The minimum atomic E-state index is -0.309. The first-order chi connectivity index (χ1) is 14.8. The molecular formula is C23H22BrN3O2S2. The van der Waals surface area contributed by atoms with E-state index in [0.29, 0.717) is 10.6 Å². The number of carbonyl (C=O) groups is 2. The SMILES string of the molecule is CSc1ccc([C@@H]2CC(=O)NC(SCC(=O)Nc3c(C)cc(Br)cc3C)=C2C#N)cc1. The highest BCUT2D eigenvalue weighted by Gasteiger charge is 2.30. The Bertz CT molecular complexity index is 1070. The van der Waals surface area contributed by atoms with E-state index < -0.39 is 0 Å². The third-order valence-electron chi connectivity index (χ3n) is 4.98.